The molecule has 0 saturated heterocycles. The number of thiazole rings is 1. The highest BCUT2D eigenvalue weighted by atomic mass is 32.1. The van der Waals surface area contributed by atoms with E-state index in [4.69, 9.17) is 4.98 Å². The molecular formula is C21H24N4OS. The van der Waals surface area contributed by atoms with Crippen molar-refractivity contribution in [2.24, 2.45) is 0 Å². The molecule has 1 aromatic carbocycles. The van der Waals surface area contributed by atoms with Crippen LogP contribution in [-0.2, 0) is 19.3 Å². The first kappa shape index (κ1) is 18.0. The van der Waals surface area contributed by atoms with Crippen LogP contribution >= 0.6 is 11.3 Å². The molecule has 140 valence electrons. The second kappa shape index (κ2) is 7.72. The van der Waals surface area contributed by atoms with Gasteiger partial charge in [-0.25, -0.2) is 15.0 Å². The van der Waals surface area contributed by atoms with Gasteiger partial charge in [0, 0.05) is 23.4 Å². The number of hydrogen-bond acceptors (Lipinski definition) is 5. The molecule has 0 fully saturated rings. The molecule has 27 heavy (non-hydrogen) atoms. The van der Waals surface area contributed by atoms with E-state index in [1.165, 1.54) is 34.8 Å². The standard InChI is InChI=1S/C21H24N4OS/c1-13-14(2)24-18-12-15(9-10-16(18)23-13)21(26)22-11-5-8-20-25-17-6-3-4-7-19(17)27-20/h9-10,12H,3-8,11H2,1-2H3,(H,22,26). The molecule has 1 aliphatic rings. The van der Waals surface area contributed by atoms with Crippen LogP contribution in [0.3, 0.4) is 0 Å². The molecule has 0 unspecified atom stereocenters. The first-order chi connectivity index (χ1) is 13.1. The fraction of sp³-hybridized carbons (Fsp3) is 0.429. The number of carbonyl (C=O) groups is 1. The molecule has 1 aliphatic carbocycles. The Kier molecular flexibility index (Phi) is 5.16. The van der Waals surface area contributed by atoms with E-state index in [2.05, 4.69) is 15.3 Å². The summed E-state index contributed by atoms with van der Waals surface area (Å²) in [5.74, 6) is -0.0599. The fourth-order valence-electron chi connectivity index (χ4n) is 3.43. The first-order valence-corrected chi connectivity index (χ1v) is 10.4. The first-order valence-electron chi connectivity index (χ1n) is 9.61. The zero-order valence-corrected chi connectivity index (χ0v) is 16.7. The summed E-state index contributed by atoms with van der Waals surface area (Å²) in [6, 6.07) is 5.50. The fourth-order valence-corrected chi connectivity index (χ4v) is 4.63. The molecule has 5 nitrogen and oxygen atoms in total. The van der Waals surface area contributed by atoms with Crippen LogP contribution in [0.5, 0.6) is 0 Å². The molecule has 0 radical (unpaired) electrons. The Morgan fingerprint density at radius 2 is 1.85 bits per heavy atom. The Balaban J connectivity index is 1.33. The van der Waals surface area contributed by atoms with Crippen LogP contribution < -0.4 is 5.32 Å². The second-order valence-electron chi connectivity index (χ2n) is 7.14. The Bertz CT molecular complexity index is 972. The average molecular weight is 381 g/mol. The van der Waals surface area contributed by atoms with Crippen LogP contribution in [0.25, 0.3) is 11.0 Å². The third-order valence-corrected chi connectivity index (χ3v) is 6.30. The lowest BCUT2D eigenvalue weighted by Crippen LogP contribution is -2.24. The minimum Gasteiger partial charge on any atom is -0.352 e. The maximum Gasteiger partial charge on any atom is 0.251 e. The average Bonchev–Trinajstić information content (AvgIpc) is 3.08. The summed E-state index contributed by atoms with van der Waals surface area (Å²) in [6.45, 7) is 4.53. The molecule has 0 aliphatic heterocycles. The van der Waals surface area contributed by atoms with Crippen molar-refractivity contribution in [3.05, 3.63) is 50.7 Å². The van der Waals surface area contributed by atoms with Crippen molar-refractivity contribution < 1.29 is 4.79 Å². The van der Waals surface area contributed by atoms with Crippen LogP contribution in [0.1, 0.15) is 56.6 Å². The summed E-state index contributed by atoms with van der Waals surface area (Å²) in [6.07, 6.45) is 6.71. The van der Waals surface area contributed by atoms with Gasteiger partial charge in [-0.2, -0.15) is 0 Å². The van der Waals surface area contributed by atoms with Gasteiger partial charge in [-0.15, -0.1) is 11.3 Å². The van der Waals surface area contributed by atoms with Gasteiger partial charge in [-0.05, 0) is 64.2 Å². The monoisotopic (exact) mass is 380 g/mol. The van der Waals surface area contributed by atoms with Gasteiger partial charge in [0.1, 0.15) is 0 Å². The molecule has 2 aromatic heterocycles. The van der Waals surface area contributed by atoms with Crippen LogP contribution in [-0.4, -0.2) is 27.4 Å². The van der Waals surface area contributed by atoms with E-state index in [0.717, 1.165) is 41.7 Å². The quantitative estimate of drug-likeness (QED) is 0.681. The number of rotatable bonds is 5. The minimum absolute atomic E-state index is 0.0599. The van der Waals surface area contributed by atoms with E-state index in [1.54, 1.807) is 0 Å². The van der Waals surface area contributed by atoms with Crippen molar-refractivity contribution in [2.75, 3.05) is 6.54 Å². The van der Waals surface area contributed by atoms with Gasteiger partial charge < -0.3 is 5.32 Å². The van der Waals surface area contributed by atoms with Crippen molar-refractivity contribution in [3.8, 4) is 0 Å². The van der Waals surface area contributed by atoms with Crippen molar-refractivity contribution in [1.29, 1.82) is 0 Å². The molecule has 4 rings (SSSR count). The number of aromatic nitrogens is 3. The molecule has 0 spiro atoms. The summed E-state index contributed by atoms with van der Waals surface area (Å²) in [5.41, 5.74) is 5.34. The van der Waals surface area contributed by atoms with Gasteiger partial charge in [0.25, 0.3) is 5.91 Å². The molecular weight excluding hydrogens is 356 g/mol. The summed E-state index contributed by atoms with van der Waals surface area (Å²) in [5, 5.41) is 4.22. The van der Waals surface area contributed by atoms with Crippen molar-refractivity contribution in [3.63, 3.8) is 0 Å². The molecule has 2 heterocycles. The predicted molar refractivity (Wildman–Crippen MR) is 108 cm³/mol. The normalized spacial score (nSPS) is 13.6. The molecule has 0 atom stereocenters. The second-order valence-corrected chi connectivity index (χ2v) is 8.31. The summed E-state index contributed by atoms with van der Waals surface area (Å²) in [7, 11) is 0. The van der Waals surface area contributed by atoms with Crippen LogP contribution in [0.4, 0.5) is 0 Å². The van der Waals surface area contributed by atoms with E-state index in [0.29, 0.717) is 12.1 Å². The lowest BCUT2D eigenvalue weighted by molar-refractivity contribution is 0.0953. The highest BCUT2D eigenvalue weighted by Crippen LogP contribution is 2.27. The van der Waals surface area contributed by atoms with Crippen molar-refractivity contribution in [2.45, 2.75) is 52.4 Å². The number of nitrogens with zero attached hydrogens (tertiary/aromatic N) is 3. The van der Waals surface area contributed by atoms with Crippen LogP contribution in [0.15, 0.2) is 18.2 Å². The Hall–Kier alpha value is -2.34. The lowest BCUT2D eigenvalue weighted by atomic mass is 10.0. The molecule has 6 heteroatoms. The number of carbonyl (C=O) groups excluding carboxylic acids is 1. The maximum atomic E-state index is 12.4. The highest BCUT2D eigenvalue weighted by molar-refractivity contribution is 7.11. The number of benzene rings is 1. The Labute approximate surface area is 163 Å². The van der Waals surface area contributed by atoms with Crippen molar-refractivity contribution in [1.82, 2.24) is 20.3 Å². The van der Waals surface area contributed by atoms with E-state index >= 15 is 0 Å². The van der Waals surface area contributed by atoms with Gasteiger partial charge in [0.2, 0.25) is 0 Å². The predicted octanol–water partition coefficient (Wildman–Crippen LogP) is 3.94. The van der Waals surface area contributed by atoms with E-state index in [9.17, 15) is 4.79 Å². The summed E-state index contributed by atoms with van der Waals surface area (Å²) < 4.78 is 0. The summed E-state index contributed by atoms with van der Waals surface area (Å²) >= 11 is 1.86. The van der Waals surface area contributed by atoms with Gasteiger partial charge in [0.15, 0.2) is 0 Å². The van der Waals surface area contributed by atoms with Gasteiger partial charge >= 0.3 is 0 Å². The molecule has 0 saturated carbocycles. The number of amides is 1. The Morgan fingerprint density at radius 1 is 1.07 bits per heavy atom. The maximum absolute atomic E-state index is 12.4. The number of aryl methyl sites for hydroxylation is 5. The zero-order chi connectivity index (χ0) is 18.8. The number of fused-ring (bicyclic) bond motifs is 2. The summed E-state index contributed by atoms with van der Waals surface area (Å²) in [4.78, 5) is 27.7. The molecule has 3 aromatic rings. The lowest BCUT2D eigenvalue weighted by Gasteiger charge is -2.07. The van der Waals surface area contributed by atoms with E-state index < -0.39 is 0 Å². The minimum atomic E-state index is -0.0599. The van der Waals surface area contributed by atoms with E-state index in [1.807, 2.05) is 43.4 Å². The third-order valence-electron chi connectivity index (χ3n) is 5.08. The van der Waals surface area contributed by atoms with Crippen LogP contribution in [0, 0.1) is 13.8 Å². The number of nitrogens with one attached hydrogen (secondary N) is 1. The smallest absolute Gasteiger partial charge is 0.251 e. The van der Waals surface area contributed by atoms with Gasteiger partial charge in [-0.3, -0.25) is 4.79 Å². The molecule has 1 amide bonds. The molecule has 0 bridgehead atoms. The number of hydrogen-bond donors (Lipinski definition) is 1. The third kappa shape index (κ3) is 4.00. The highest BCUT2D eigenvalue weighted by Gasteiger charge is 2.15. The zero-order valence-electron chi connectivity index (χ0n) is 15.8. The van der Waals surface area contributed by atoms with Gasteiger partial charge in [-0.1, -0.05) is 0 Å². The SMILES string of the molecule is Cc1nc2ccc(C(=O)NCCCc3nc4c(s3)CCCC4)cc2nc1C. The topological polar surface area (TPSA) is 67.8 Å². The Morgan fingerprint density at radius 3 is 2.67 bits per heavy atom. The van der Waals surface area contributed by atoms with E-state index in [-0.39, 0.29) is 5.91 Å². The van der Waals surface area contributed by atoms with Crippen molar-refractivity contribution >= 4 is 28.3 Å². The largest absolute Gasteiger partial charge is 0.352 e. The van der Waals surface area contributed by atoms with Crippen LogP contribution in [0.2, 0.25) is 0 Å². The molecule has 1 N–H and O–H groups in total. The van der Waals surface area contributed by atoms with Gasteiger partial charge in [0.05, 0.1) is 33.1 Å².